The molecule has 1 fully saturated rings. The highest BCUT2D eigenvalue weighted by Crippen LogP contribution is 2.21. The molecule has 3 rings (SSSR count). The molecule has 1 N–H and O–H groups in total. The van der Waals surface area contributed by atoms with Crippen LogP contribution < -0.4 is 15.1 Å². The lowest BCUT2D eigenvalue weighted by atomic mass is 10.1. The van der Waals surface area contributed by atoms with Gasteiger partial charge >= 0.3 is 0 Å². The predicted octanol–water partition coefficient (Wildman–Crippen LogP) is 2.87. The number of nitrogens with zero attached hydrogens (tertiary/aromatic N) is 2. The normalized spacial score (nSPS) is 14.4. The fraction of sp³-hybridized carbons (Fsp3) is 0.250. The summed E-state index contributed by atoms with van der Waals surface area (Å²) in [6, 6.07) is 13.3. The summed E-state index contributed by atoms with van der Waals surface area (Å²) in [6.45, 7) is 2.16. The van der Waals surface area contributed by atoms with Crippen LogP contribution in [0.25, 0.3) is 0 Å². The van der Waals surface area contributed by atoms with Crippen molar-refractivity contribution in [1.29, 1.82) is 0 Å². The van der Waals surface area contributed by atoms with E-state index in [0.717, 1.165) is 24.2 Å². The van der Waals surface area contributed by atoms with Crippen molar-refractivity contribution in [1.82, 2.24) is 5.43 Å². The van der Waals surface area contributed by atoms with Gasteiger partial charge in [0.2, 0.25) is 5.91 Å². The van der Waals surface area contributed by atoms with Crippen LogP contribution in [0.1, 0.15) is 25.3 Å². The number of hydrogen-bond acceptors (Lipinski definition) is 4. The van der Waals surface area contributed by atoms with Crippen molar-refractivity contribution in [3.05, 3.63) is 59.9 Å². The largest absolute Gasteiger partial charge is 0.481 e. The van der Waals surface area contributed by atoms with Crippen molar-refractivity contribution in [3.63, 3.8) is 0 Å². The second kappa shape index (κ2) is 8.44. The summed E-state index contributed by atoms with van der Waals surface area (Å²) < 4.78 is 18.6. The van der Waals surface area contributed by atoms with Crippen LogP contribution in [-0.4, -0.2) is 30.7 Å². The lowest BCUT2D eigenvalue weighted by Crippen LogP contribution is -2.26. The highest BCUT2D eigenvalue weighted by Gasteiger charge is 2.21. The van der Waals surface area contributed by atoms with E-state index in [2.05, 4.69) is 10.5 Å². The molecular weight excluding hydrogens is 349 g/mol. The van der Waals surface area contributed by atoms with Gasteiger partial charge in [-0.2, -0.15) is 5.10 Å². The first-order chi connectivity index (χ1) is 13.0. The third-order valence-electron chi connectivity index (χ3n) is 4.21. The zero-order chi connectivity index (χ0) is 19.2. The number of para-hydroxylation sites is 1. The average Bonchev–Trinajstić information content (AvgIpc) is 3.11. The number of amides is 2. The van der Waals surface area contributed by atoms with Gasteiger partial charge in [-0.25, -0.2) is 9.82 Å². The van der Waals surface area contributed by atoms with Gasteiger partial charge in [0.05, 0.1) is 5.71 Å². The predicted molar refractivity (Wildman–Crippen MR) is 100 cm³/mol. The summed E-state index contributed by atoms with van der Waals surface area (Å²) >= 11 is 0. The molecule has 1 aliphatic rings. The second-order valence-electron chi connectivity index (χ2n) is 6.15. The zero-order valence-corrected chi connectivity index (χ0v) is 14.9. The maximum atomic E-state index is 13.4. The first kappa shape index (κ1) is 18.6. The molecule has 1 heterocycles. The molecule has 7 heteroatoms. The van der Waals surface area contributed by atoms with Crippen LogP contribution >= 0.6 is 0 Å². The minimum Gasteiger partial charge on any atom is -0.481 e. The molecule has 0 atom stereocenters. The van der Waals surface area contributed by atoms with Crippen molar-refractivity contribution in [2.75, 3.05) is 18.1 Å². The molecule has 140 valence electrons. The van der Waals surface area contributed by atoms with Crippen LogP contribution in [0.2, 0.25) is 0 Å². The van der Waals surface area contributed by atoms with Gasteiger partial charge < -0.3 is 9.64 Å². The molecule has 0 radical (unpaired) electrons. The smallest absolute Gasteiger partial charge is 0.277 e. The second-order valence-corrected chi connectivity index (χ2v) is 6.15. The zero-order valence-electron chi connectivity index (χ0n) is 14.9. The first-order valence-electron chi connectivity index (χ1n) is 8.66. The average molecular weight is 369 g/mol. The topological polar surface area (TPSA) is 71.0 Å². The number of anilines is 1. The third kappa shape index (κ3) is 4.69. The lowest BCUT2D eigenvalue weighted by Gasteiger charge is -2.15. The van der Waals surface area contributed by atoms with Crippen LogP contribution in [0.4, 0.5) is 10.1 Å². The summed E-state index contributed by atoms with van der Waals surface area (Å²) in [5.74, 6) is -0.867. The fourth-order valence-electron chi connectivity index (χ4n) is 2.75. The van der Waals surface area contributed by atoms with E-state index >= 15 is 0 Å². The highest BCUT2D eigenvalue weighted by atomic mass is 19.1. The van der Waals surface area contributed by atoms with Gasteiger partial charge in [0.15, 0.2) is 18.2 Å². The van der Waals surface area contributed by atoms with Crippen molar-refractivity contribution < 1.29 is 18.7 Å². The van der Waals surface area contributed by atoms with E-state index < -0.39 is 11.7 Å². The Morgan fingerprint density at radius 2 is 1.96 bits per heavy atom. The van der Waals surface area contributed by atoms with E-state index in [0.29, 0.717) is 12.1 Å². The number of nitrogens with one attached hydrogen (secondary N) is 1. The maximum Gasteiger partial charge on any atom is 0.277 e. The fourth-order valence-corrected chi connectivity index (χ4v) is 2.75. The molecule has 2 aromatic rings. The molecule has 2 amide bonds. The minimum atomic E-state index is -0.526. The van der Waals surface area contributed by atoms with E-state index in [1.54, 1.807) is 24.0 Å². The number of benzene rings is 2. The van der Waals surface area contributed by atoms with Gasteiger partial charge in [-0.15, -0.1) is 0 Å². The molecule has 2 aromatic carbocycles. The molecule has 27 heavy (non-hydrogen) atoms. The molecule has 1 aliphatic heterocycles. The molecule has 0 bridgehead atoms. The van der Waals surface area contributed by atoms with E-state index in [9.17, 15) is 14.0 Å². The van der Waals surface area contributed by atoms with Crippen LogP contribution in [0.3, 0.4) is 0 Å². The standard InChI is InChI=1S/C20H20FN3O3/c1-14(15-8-10-16(11-9-15)24-12-4-7-20(24)26)22-23-19(25)13-27-18-6-3-2-5-17(18)21/h2-3,5-6,8-11H,4,7,12-13H2,1H3,(H,23,25)/b22-14-. The number of hydrazone groups is 1. The van der Waals surface area contributed by atoms with Crippen molar-refractivity contribution in [2.45, 2.75) is 19.8 Å². The van der Waals surface area contributed by atoms with Gasteiger partial charge in [0, 0.05) is 18.7 Å². The Hall–Kier alpha value is -3.22. The van der Waals surface area contributed by atoms with Gasteiger partial charge in [0.1, 0.15) is 0 Å². The number of ether oxygens (including phenoxy) is 1. The molecule has 6 nitrogen and oxygen atoms in total. The van der Waals surface area contributed by atoms with Crippen LogP contribution in [0.5, 0.6) is 5.75 Å². The van der Waals surface area contributed by atoms with E-state index in [1.165, 1.54) is 12.1 Å². The molecule has 0 unspecified atom stereocenters. The highest BCUT2D eigenvalue weighted by molar-refractivity contribution is 6.00. The molecule has 1 saturated heterocycles. The van der Waals surface area contributed by atoms with Crippen molar-refractivity contribution in [3.8, 4) is 5.75 Å². The molecule has 0 saturated carbocycles. The molecule has 0 aromatic heterocycles. The van der Waals surface area contributed by atoms with E-state index in [1.807, 2.05) is 24.3 Å². The number of halogens is 1. The van der Waals surface area contributed by atoms with Crippen molar-refractivity contribution in [2.24, 2.45) is 5.10 Å². The maximum absolute atomic E-state index is 13.4. The quantitative estimate of drug-likeness (QED) is 0.629. The van der Waals surface area contributed by atoms with Crippen LogP contribution in [0, 0.1) is 5.82 Å². The van der Waals surface area contributed by atoms with Gasteiger partial charge in [-0.3, -0.25) is 9.59 Å². The minimum absolute atomic E-state index is 0.0143. The van der Waals surface area contributed by atoms with Gasteiger partial charge in [-0.1, -0.05) is 24.3 Å². The van der Waals surface area contributed by atoms with E-state index in [4.69, 9.17) is 4.74 Å². The Balaban J connectivity index is 1.54. The number of rotatable bonds is 6. The lowest BCUT2D eigenvalue weighted by molar-refractivity contribution is -0.123. The summed E-state index contributed by atoms with van der Waals surface area (Å²) in [5, 5.41) is 4.03. The Morgan fingerprint density at radius 3 is 2.63 bits per heavy atom. The Kier molecular flexibility index (Phi) is 5.80. The van der Waals surface area contributed by atoms with Crippen molar-refractivity contribution >= 4 is 23.2 Å². The summed E-state index contributed by atoms with van der Waals surface area (Å²) in [5.41, 5.74) is 4.67. The Morgan fingerprint density at radius 1 is 1.22 bits per heavy atom. The van der Waals surface area contributed by atoms with Crippen LogP contribution in [0.15, 0.2) is 53.6 Å². The van der Waals surface area contributed by atoms with E-state index in [-0.39, 0.29) is 18.3 Å². The van der Waals surface area contributed by atoms with Gasteiger partial charge in [0.25, 0.3) is 5.91 Å². The molecule has 0 spiro atoms. The third-order valence-corrected chi connectivity index (χ3v) is 4.21. The first-order valence-corrected chi connectivity index (χ1v) is 8.66. The Labute approximate surface area is 156 Å². The van der Waals surface area contributed by atoms with Gasteiger partial charge in [-0.05, 0) is 43.2 Å². The summed E-state index contributed by atoms with van der Waals surface area (Å²) in [7, 11) is 0. The monoisotopic (exact) mass is 369 g/mol. The molecular formula is C20H20FN3O3. The van der Waals surface area contributed by atoms with Crippen LogP contribution in [-0.2, 0) is 9.59 Å². The SMILES string of the molecule is C/C(=N/NC(=O)COc1ccccc1F)c1ccc(N2CCCC2=O)cc1. The number of carbonyl (C=O) groups excluding carboxylic acids is 2. The summed E-state index contributed by atoms with van der Waals surface area (Å²) in [4.78, 5) is 25.4. The summed E-state index contributed by atoms with van der Waals surface area (Å²) in [6.07, 6.45) is 1.46. The molecule has 0 aliphatic carbocycles. The number of hydrogen-bond donors (Lipinski definition) is 1. The number of carbonyl (C=O) groups is 2. The Bertz CT molecular complexity index is 865.